The molecule has 0 aromatic heterocycles. The largest absolute Gasteiger partial charge is 0.506 e. The summed E-state index contributed by atoms with van der Waals surface area (Å²) < 4.78 is 11.2. The van der Waals surface area contributed by atoms with Gasteiger partial charge >= 0.3 is 5.97 Å². The number of rotatable bonds is 7. The molecule has 1 aliphatic rings. The molecule has 1 amide bonds. The van der Waals surface area contributed by atoms with Crippen molar-refractivity contribution >= 4 is 46.4 Å². The lowest BCUT2D eigenvalue weighted by atomic mass is 10.1. The van der Waals surface area contributed by atoms with Crippen LogP contribution >= 0.6 is 23.4 Å². The lowest BCUT2D eigenvalue weighted by Crippen LogP contribution is -2.14. The molecule has 0 unspecified atom stereocenters. The number of carbonyl (C=O) groups is 2. The van der Waals surface area contributed by atoms with Gasteiger partial charge in [-0.15, -0.1) is 0 Å². The zero-order chi connectivity index (χ0) is 26.4. The third-order valence-corrected chi connectivity index (χ3v) is 6.71. The number of para-hydroxylation sites is 1. The van der Waals surface area contributed by atoms with Gasteiger partial charge < -0.3 is 14.6 Å². The Morgan fingerprint density at radius 2 is 1.81 bits per heavy atom. The van der Waals surface area contributed by atoms with Gasteiger partial charge in [0.25, 0.3) is 5.91 Å². The minimum atomic E-state index is -0.773. The summed E-state index contributed by atoms with van der Waals surface area (Å²) in [5.41, 5.74) is 2.87. The van der Waals surface area contributed by atoms with Crippen LogP contribution in [-0.2, 0) is 16.1 Å². The van der Waals surface area contributed by atoms with E-state index in [1.54, 1.807) is 37.3 Å². The summed E-state index contributed by atoms with van der Waals surface area (Å²) >= 11 is 7.14. The predicted molar refractivity (Wildman–Crippen MR) is 147 cm³/mol. The van der Waals surface area contributed by atoms with Crippen molar-refractivity contribution in [2.24, 2.45) is 4.99 Å². The number of halogens is 1. The van der Waals surface area contributed by atoms with Gasteiger partial charge in [0.05, 0.1) is 22.1 Å². The van der Waals surface area contributed by atoms with Crippen LogP contribution in [0.4, 0.5) is 0 Å². The average Bonchev–Trinajstić information content (AvgIpc) is 3.18. The van der Waals surface area contributed by atoms with Crippen molar-refractivity contribution in [3.8, 4) is 5.75 Å². The third-order valence-electron chi connectivity index (χ3n) is 5.36. The number of ether oxygens (including phenoxy) is 2. The fraction of sp³-hybridized carbons (Fsp3) is 0.138. The second-order valence-electron chi connectivity index (χ2n) is 8.07. The summed E-state index contributed by atoms with van der Waals surface area (Å²) in [5, 5.41) is 11.2. The Labute approximate surface area is 224 Å². The monoisotopic (exact) mass is 533 g/mol. The van der Waals surface area contributed by atoms with Crippen LogP contribution in [0.3, 0.4) is 0 Å². The molecule has 0 fully saturated rings. The van der Waals surface area contributed by atoms with Crippen LogP contribution in [0.5, 0.6) is 5.75 Å². The number of esters is 1. The molecule has 1 heterocycles. The van der Waals surface area contributed by atoms with Crippen LogP contribution in [0.15, 0.2) is 94.0 Å². The average molecular weight is 534 g/mol. The van der Waals surface area contributed by atoms with E-state index < -0.39 is 11.9 Å². The Morgan fingerprint density at radius 3 is 2.57 bits per heavy atom. The quantitative estimate of drug-likeness (QED) is 0.331. The molecule has 1 N–H and O–H groups in total. The molecular formula is C29H24ClNO5S. The number of amides is 1. The van der Waals surface area contributed by atoms with E-state index in [9.17, 15) is 14.7 Å². The number of benzene rings is 3. The number of hydrogen-bond acceptors (Lipinski definition) is 6. The summed E-state index contributed by atoms with van der Waals surface area (Å²) in [4.78, 5) is 30.0. The zero-order valence-electron chi connectivity index (χ0n) is 20.2. The van der Waals surface area contributed by atoms with E-state index in [0.717, 1.165) is 22.9 Å². The number of aryl methyl sites for hydroxylation is 1. The summed E-state index contributed by atoms with van der Waals surface area (Å²) in [6.45, 7) is 4.14. The molecule has 3 aromatic carbocycles. The summed E-state index contributed by atoms with van der Waals surface area (Å²) in [5.74, 6) is -1.13. The molecule has 0 saturated heterocycles. The summed E-state index contributed by atoms with van der Waals surface area (Å²) in [6, 6.07) is 21.9. The van der Waals surface area contributed by atoms with Crippen LogP contribution in [-0.4, -0.2) is 28.6 Å². The first-order valence-electron chi connectivity index (χ1n) is 11.5. The highest BCUT2D eigenvalue weighted by Crippen LogP contribution is 2.40. The van der Waals surface area contributed by atoms with Crippen molar-refractivity contribution in [3.05, 3.63) is 116 Å². The number of aliphatic hydroxyl groups is 1. The van der Waals surface area contributed by atoms with Crippen LogP contribution in [0.1, 0.15) is 34.0 Å². The van der Waals surface area contributed by atoms with Crippen molar-refractivity contribution in [3.63, 3.8) is 0 Å². The molecule has 0 atom stereocenters. The molecule has 0 spiro atoms. The third kappa shape index (κ3) is 6.31. The maximum Gasteiger partial charge on any atom is 0.344 e. The van der Waals surface area contributed by atoms with Crippen molar-refractivity contribution in [2.45, 2.75) is 20.5 Å². The van der Waals surface area contributed by atoms with Gasteiger partial charge in [-0.2, -0.15) is 0 Å². The van der Waals surface area contributed by atoms with E-state index in [1.165, 1.54) is 0 Å². The standard InChI is InChI=1S/C29H24ClNO5S/c1-3-35-29(34)25-26(32)24(37-28(25)31-27(33)21-12-5-6-13-22(21)30)16-20-11-4-7-14-23(20)36-17-19-10-8-9-18(2)15-19/h4-16,32H,3,17H2,1-2H3/b24-16-,31-28?. The molecule has 0 bridgehead atoms. The van der Waals surface area contributed by atoms with Gasteiger partial charge in [-0.3, -0.25) is 4.79 Å². The lowest BCUT2D eigenvalue weighted by molar-refractivity contribution is -0.138. The van der Waals surface area contributed by atoms with E-state index in [4.69, 9.17) is 21.1 Å². The topological polar surface area (TPSA) is 85.2 Å². The minimum absolute atomic E-state index is 0.0327. The van der Waals surface area contributed by atoms with Crippen molar-refractivity contribution in [2.75, 3.05) is 6.61 Å². The van der Waals surface area contributed by atoms with Crippen molar-refractivity contribution < 1.29 is 24.2 Å². The number of carbonyl (C=O) groups excluding carboxylic acids is 2. The fourth-order valence-electron chi connectivity index (χ4n) is 3.61. The number of aliphatic imine (C=N–C) groups is 1. The zero-order valence-corrected chi connectivity index (χ0v) is 21.8. The first-order valence-corrected chi connectivity index (χ1v) is 12.7. The smallest absolute Gasteiger partial charge is 0.344 e. The van der Waals surface area contributed by atoms with Gasteiger partial charge in [0.1, 0.15) is 28.7 Å². The number of nitrogens with zero attached hydrogens (tertiary/aromatic N) is 1. The number of hydrogen-bond donors (Lipinski definition) is 1. The normalized spacial score (nSPS) is 15.3. The Bertz CT molecular complexity index is 1440. The number of thioether (sulfide) groups is 1. The Hall–Kier alpha value is -3.81. The van der Waals surface area contributed by atoms with Crippen LogP contribution in [0.2, 0.25) is 5.02 Å². The molecule has 1 aliphatic heterocycles. The first kappa shape index (κ1) is 26.3. The van der Waals surface area contributed by atoms with Crippen molar-refractivity contribution in [1.82, 2.24) is 0 Å². The SMILES string of the molecule is CCOC(=O)C1=C(O)/C(=C/c2ccccc2OCc2cccc(C)c2)SC1=NC(=O)c1ccccc1Cl. The minimum Gasteiger partial charge on any atom is -0.506 e. The second-order valence-corrected chi connectivity index (χ2v) is 9.51. The first-order chi connectivity index (χ1) is 17.9. The van der Waals surface area contributed by atoms with Crippen LogP contribution in [0, 0.1) is 6.92 Å². The molecule has 188 valence electrons. The van der Waals surface area contributed by atoms with E-state index >= 15 is 0 Å². The molecule has 8 heteroatoms. The van der Waals surface area contributed by atoms with E-state index in [0.29, 0.717) is 22.8 Å². The Kier molecular flexibility index (Phi) is 8.48. The Morgan fingerprint density at radius 1 is 1.05 bits per heavy atom. The molecule has 0 radical (unpaired) electrons. The maximum absolute atomic E-state index is 12.8. The molecule has 4 rings (SSSR count). The van der Waals surface area contributed by atoms with Gasteiger partial charge in [0.15, 0.2) is 0 Å². The second kappa shape index (κ2) is 12.0. The van der Waals surface area contributed by atoms with Gasteiger partial charge in [0.2, 0.25) is 0 Å². The fourth-order valence-corrected chi connectivity index (χ4v) is 4.83. The van der Waals surface area contributed by atoms with Gasteiger partial charge in [-0.1, -0.05) is 83.5 Å². The number of aliphatic hydroxyl groups excluding tert-OH is 1. The predicted octanol–water partition coefficient (Wildman–Crippen LogP) is 6.93. The van der Waals surface area contributed by atoms with Crippen LogP contribution < -0.4 is 4.74 Å². The highest BCUT2D eigenvalue weighted by Gasteiger charge is 2.34. The van der Waals surface area contributed by atoms with E-state index in [1.807, 2.05) is 55.5 Å². The molecule has 0 saturated carbocycles. The highest BCUT2D eigenvalue weighted by molar-refractivity contribution is 8.18. The Balaban J connectivity index is 1.67. The van der Waals surface area contributed by atoms with Gasteiger partial charge in [-0.05, 0) is 43.7 Å². The molecule has 6 nitrogen and oxygen atoms in total. The molecular weight excluding hydrogens is 510 g/mol. The van der Waals surface area contributed by atoms with Gasteiger partial charge in [-0.25, -0.2) is 9.79 Å². The van der Waals surface area contributed by atoms with Crippen molar-refractivity contribution in [1.29, 1.82) is 0 Å². The van der Waals surface area contributed by atoms with E-state index in [2.05, 4.69) is 4.99 Å². The summed E-state index contributed by atoms with van der Waals surface area (Å²) in [7, 11) is 0. The van der Waals surface area contributed by atoms with E-state index in [-0.39, 0.29) is 33.6 Å². The lowest BCUT2D eigenvalue weighted by Gasteiger charge is -2.10. The highest BCUT2D eigenvalue weighted by atomic mass is 35.5. The molecule has 0 aliphatic carbocycles. The summed E-state index contributed by atoms with van der Waals surface area (Å²) in [6.07, 6.45) is 1.69. The molecule has 37 heavy (non-hydrogen) atoms. The van der Waals surface area contributed by atoms with Crippen LogP contribution in [0.25, 0.3) is 6.08 Å². The maximum atomic E-state index is 12.8. The molecule has 3 aromatic rings. The van der Waals surface area contributed by atoms with Gasteiger partial charge in [0, 0.05) is 5.56 Å².